The molecule has 1 saturated heterocycles. The number of guanidine groups is 1. The van der Waals surface area contributed by atoms with Gasteiger partial charge in [0.15, 0.2) is 5.96 Å². The van der Waals surface area contributed by atoms with E-state index in [2.05, 4.69) is 59.7 Å². The summed E-state index contributed by atoms with van der Waals surface area (Å²) >= 11 is 0. The highest BCUT2D eigenvalue weighted by molar-refractivity contribution is 5.96. The smallest absolute Gasteiger partial charge is 0.251 e. The number of likely N-dealkylation sites (tertiary alicyclic amines) is 1. The molecule has 1 aliphatic heterocycles. The van der Waals surface area contributed by atoms with E-state index < -0.39 is 5.91 Å². The summed E-state index contributed by atoms with van der Waals surface area (Å²) in [5.41, 5.74) is 8.02. The number of aliphatic imine (C=N–C) groups is 1. The highest BCUT2D eigenvalue weighted by Gasteiger charge is 2.30. The SMILES string of the molecule is CCNC(=NCc1ccc(C(=O)NCC(N)=O)cc1)N1CCC(c2ccccc2)C(CC)C1. The molecule has 33 heavy (non-hydrogen) atoms. The van der Waals surface area contributed by atoms with Crippen molar-refractivity contribution in [2.45, 2.75) is 39.2 Å². The van der Waals surface area contributed by atoms with Crippen LogP contribution in [0.1, 0.15) is 54.1 Å². The van der Waals surface area contributed by atoms with Crippen molar-refractivity contribution in [2.75, 3.05) is 26.2 Å². The Hall–Kier alpha value is -3.35. The van der Waals surface area contributed by atoms with Crippen LogP contribution < -0.4 is 16.4 Å². The lowest BCUT2D eigenvalue weighted by Gasteiger charge is -2.40. The third-order valence-corrected chi connectivity index (χ3v) is 6.17. The van der Waals surface area contributed by atoms with Gasteiger partial charge < -0.3 is 21.3 Å². The zero-order valence-corrected chi connectivity index (χ0v) is 19.6. The van der Waals surface area contributed by atoms with Crippen LogP contribution in [-0.4, -0.2) is 48.9 Å². The van der Waals surface area contributed by atoms with E-state index in [1.165, 1.54) is 5.56 Å². The van der Waals surface area contributed by atoms with Crippen molar-refractivity contribution in [3.8, 4) is 0 Å². The maximum absolute atomic E-state index is 12.0. The average Bonchev–Trinajstić information content (AvgIpc) is 2.85. The lowest BCUT2D eigenvalue weighted by atomic mass is 9.79. The first-order chi connectivity index (χ1) is 16.0. The largest absolute Gasteiger partial charge is 0.368 e. The van der Waals surface area contributed by atoms with Crippen molar-refractivity contribution in [1.29, 1.82) is 0 Å². The predicted molar refractivity (Wildman–Crippen MR) is 132 cm³/mol. The Kier molecular flexibility index (Phi) is 8.87. The van der Waals surface area contributed by atoms with E-state index >= 15 is 0 Å². The van der Waals surface area contributed by atoms with Gasteiger partial charge in [-0.05, 0) is 48.4 Å². The Bertz CT molecular complexity index is 943. The van der Waals surface area contributed by atoms with Gasteiger partial charge in [0.05, 0.1) is 13.1 Å². The summed E-state index contributed by atoms with van der Waals surface area (Å²) in [6, 6.07) is 18.1. The molecule has 1 fully saturated rings. The maximum Gasteiger partial charge on any atom is 0.251 e. The summed E-state index contributed by atoms with van der Waals surface area (Å²) in [6.45, 7) is 7.49. The number of carbonyl (C=O) groups excluding carboxylic acids is 2. The van der Waals surface area contributed by atoms with E-state index in [-0.39, 0.29) is 12.5 Å². The first-order valence-electron chi connectivity index (χ1n) is 11.8. The van der Waals surface area contributed by atoms with E-state index in [0.29, 0.717) is 23.9 Å². The summed E-state index contributed by atoms with van der Waals surface area (Å²) in [5, 5.41) is 5.94. The van der Waals surface area contributed by atoms with Gasteiger partial charge in [-0.15, -0.1) is 0 Å². The molecule has 3 rings (SSSR count). The van der Waals surface area contributed by atoms with Crippen molar-refractivity contribution in [3.63, 3.8) is 0 Å². The number of hydrogen-bond acceptors (Lipinski definition) is 3. The second-order valence-electron chi connectivity index (χ2n) is 8.44. The van der Waals surface area contributed by atoms with Gasteiger partial charge in [0.25, 0.3) is 5.91 Å². The van der Waals surface area contributed by atoms with E-state index in [4.69, 9.17) is 10.7 Å². The molecule has 0 radical (unpaired) electrons. The molecule has 0 aliphatic carbocycles. The first kappa shape index (κ1) is 24.3. The molecule has 2 atom stereocenters. The molecule has 2 aromatic rings. The van der Waals surface area contributed by atoms with Crippen LogP contribution in [0.5, 0.6) is 0 Å². The average molecular weight is 450 g/mol. The fraction of sp³-hybridized carbons (Fsp3) is 0.423. The second kappa shape index (κ2) is 12.0. The molecule has 2 amide bonds. The van der Waals surface area contributed by atoms with E-state index in [0.717, 1.165) is 44.0 Å². The number of nitrogens with zero attached hydrogens (tertiary/aromatic N) is 2. The number of hydrogen-bond donors (Lipinski definition) is 3. The summed E-state index contributed by atoms with van der Waals surface area (Å²) in [4.78, 5) is 30.1. The van der Waals surface area contributed by atoms with Crippen molar-refractivity contribution in [2.24, 2.45) is 16.6 Å². The summed E-state index contributed by atoms with van der Waals surface area (Å²) < 4.78 is 0. The van der Waals surface area contributed by atoms with Gasteiger partial charge in [-0.3, -0.25) is 9.59 Å². The molecule has 0 bridgehead atoms. The molecule has 2 unspecified atom stereocenters. The number of benzene rings is 2. The van der Waals surface area contributed by atoms with Gasteiger partial charge in [-0.1, -0.05) is 55.8 Å². The molecule has 1 aliphatic rings. The lowest BCUT2D eigenvalue weighted by molar-refractivity contribution is -0.117. The predicted octanol–water partition coefficient (Wildman–Crippen LogP) is 2.88. The third kappa shape index (κ3) is 6.81. The third-order valence-electron chi connectivity index (χ3n) is 6.17. The minimum absolute atomic E-state index is 0.170. The van der Waals surface area contributed by atoms with Crippen molar-refractivity contribution < 1.29 is 9.59 Å². The molecule has 7 heteroatoms. The van der Waals surface area contributed by atoms with Crippen LogP contribution in [0.2, 0.25) is 0 Å². The molecule has 1 heterocycles. The van der Waals surface area contributed by atoms with Crippen molar-refractivity contribution >= 4 is 17.8 Å². The highest BCUT2D eigenvalue weighted by atomic mass is 16.2. The van der Waals surface area contributed by atoms with Crippen LogP contribution in [0, 0.1) is 5.92 Å². The number of piperidine rings is 1. The minimum atomic E-state index is -0.566. The molecular weight excluding hydrogens is 414 g/mol. The standard InChI is InChI=1S/C26H35N5O2/c1-3-20-18-31(15-14-23(20)21-8-6-5-7-9-21)26(28-4-2)30-16-19-10-12-22(13-11-19)25(33)29-17-24(27)32/h5-13,20,23H,3-4,14-18H2,1-2H3,(H2,27,32)(H,28,30)(H,29,33). The van der Waals surface area contributed by atoms with Crippen LogP contribution in [0.4, 0.5) is 0 Å². The Morgan fingerprint density at radius 1 is 1.06 bits per heavy atom. The minimum Gasteiger partial charge on any atom is -0.368 e. The molecule has 7 nitrogen and oxygen atoms in total. The number of primary amides is 1. The number of amides is 2. The highest BCUT2D eigenvalue weighted by Crippen LogP contribution is 2.34. The lowest BCUT2D eigenvalue weighted by Crippen LogP contribution is -2.48. The van der Waals surface area contributed by atoms with E-state index in [1.54, 1.807) is 12.1 Å². The van der Waals surface area contributed by atoms with Crippen LogP contribution in [-0.2, 0) is 11.3 Å². The van der Waals surface area contributed by atoms with Crippen LogP contribution in [0.15, 0.2) is 59.6 Å². The Labute approximate surface area is 196 Å². The van der Waals surface area contributed by atoms with Crippen molar-refractivity contribution in [1.82, 2.24) is 15.5 Å². The molecule has 176 valence electrons. The molecule has 0 spiro atoms. The normalized spacial score (nSPS) is 18.6. The van der Waals surface area contributed by atoms with Crippen LogP contribution in [0.3, 0.4) is 0 Å². The van der Waals surface area contributed by atoms with Crippen LogP contribution >= 0.6 is 0 Å². The van der Waals surface area contributed by atoms with Crippen molar-refractivity contribution in [3.05, 3.63) is 71.3 Å². The van der Waals surface area contributed by atoms with E-state index in [9.17, 15) is 9.59 Å². The first-order valence-corrected chi connectivity index (χ1v) is 11.8. The maximum atomic E-state index is 12.0. The summed E-state index contributed by atoms with van der Waals surface area (Å²) in [7, 11) is 0. The summed E-state index contributed by atoms with van der Waals surface area (Å²) in [6.07, 6.45) is 2.25. The van der Waals surface area contributed by atoms with Gasteiger partial charge in [-0.2, -0.15) is 0 Å². The van der Waals surface area contributed by atoms with Gasteiger partial charge in [0.1, 0.15) is 0 Å². The quantitative estimate of drug-likeness (QED) is 0.426. The molecule has 2 aromatic carbocycles. The van der Waals surface area contributed by atoms with E-state index in [1.807, 2.05) is 12.1 Å². The Balaban J connectivity index is 1.64. The molecule has 4 N–H and O–H groups in total. The van der Waals surface area contributed by atoms with Gasteiger partial charge >= 0.3 is 0 Å². The number of nitrogens with two attached hydrogens (primary N) is 1. The second-order valence-corrected chi connectivity index (χ2v) is 8.44. The molecular formula is C26H35N5O2. The van der Waals surface area contributed by atoms with Crippen LogP contribution in [0.25, 0.3) is 0 Å². The number of carbonyl (C=O) groups is 2. The Morgan fingerprint density at radius 2 is 1.79 bits per heavy atom. The molecule has 0 aromatic heterocycles. The number of rotatable bonds is 8. The fourth-order valence-electron chi connectivity index (χ4n) is 4.40. The monoisotopic (exact) mass is 449 g/mol. The summed E-state index contributed by atoms with van der Waals surface area (Å²) in [5.74, 6) is 1.23. The zero-order valence-electron chi connectivity index (χ0n) is 19.6. The Morgan fingerprint density at radius 3 is 2.42 bits per heavy atom. The topological polar surface area (TPSA) is 99.8 Å². The van der Waals surface area contributed by atoms with Gasteiger partial charge in [0.2, 0.25) is 5.91 Å². The molecule has 0 saturated carbocycles. The fourth-order valence-corrected chi connectivity index (χ4v) is 4.40. The van der Waals surface area contributed by atoms with Gasteiger partial charge in [-0.25, -0.2) is 4.99 Å². The number of nitrogens with one attached hydrogen (secondary N) is 2. The van der Waals surface area contributed by atoms with Gasteiger partial charge in [0, 0.05) is 25.2 Å². The zero-order chi connectivity index (χ0) is 23.6.